The van der Waals surface area contributed by atoms with E-state index in [2.05, 4.69) is 15.1 Å². The molecule has 4 rings (SSSR count). The highest BCUT2D eigenvalue weighted by molar-refractivity contribution is 6.04. The molecule has 1 N–H and O–H groups in total. The van der Waals surface area contributed by atoms with Crippen LogP contribution in [-0.4, -0.2) is 96.0 Å². The lowest BCUT2D eigenvalue weighted by molar-refractivity contribution is -0.132. The van der Waals surface area contributed by atoms with Gasteiger partial charge in [-0.15, -0.1) is 0 Å². The quantitative estimate of drug-likeness (QED) is 0.689. The number of amides is 4. The third-order valence-corrected chi connectivity index (χ3v) is 6.51. The van der Waals surface area contributed by atoms with E-state index in [9.17, 15) is 14.4 Å². The molecule has 0 saturated carbocycles. The van der Waals surface area contributed by atoms with Crippen molar-refractivity contribution in [3.05, 3.63) is 35.9 Å². The molecule has 0 spiro atoms. The van der Waals surface area contributed by atoms with Gasteiger partial charge in [0.15, 0.2) is 0 Å². The summed E-state index contributed by atoms with van der Waals surface area (Å²) in [7, 11) is 0. The third kappa shape index (κ3) is 5.62. The van der Waals surface area contributed by atoms with E-state index in [0.717, 1.165) is 57.7 Å². The van der Waals surface area contributed by atoms with Gasteiger partial charge in [-0.3, -0.25) is 19.4 Å². The number of hydrogen-bond acceptors (Lipinski definition) is 5. The number of rotatable bonds is 6. The maximum Gasteiger partial charge on any atom is 0.325 e. The number of likely N-dealkylation sites (tertiary alicyclic amines) is 1. The zero-order chi connectivity index (χ0) is 21.6. The van der Waals surface area contributed by atoms with Crippen LogP contribution in [0.5, 0.6) is 0 Å². The van der Waals surface area contributed by atoms with Gasteiger partial charge >= 0.3 is 6.03 Å². The maximum atomic E-state index is 12.8. The fourth-order valence-corrected chi connectivity index (χ4v) is 4.60. The average Bonchev–Trinajstić information content (AvgIpc) is 2.98. The number of carbonyl (C=O) groups is 3. The molecule has 3 aliphatic rings. The fraction of sp³-hybridized carbons (Fsp3) is 0.609. The van der Waals surface area contributed by atoms with Crippen molar-refractivity contribution in [1.29, 1.82) is 0 Å². The lowest BCUT2D eigenvalue weighted by Gasteiger charge is -2.36. The zero-order valence-electron chi connectivity index (χ0n) is 18.2. The molecule has 1 unspecified atom stereocenters. The van der Waals surface area contributed by atoms with E-state index in [1.54, 1.807) is 0 Å². The van der Waals surface area contributed by atoms with Crippen LogP contribution in [0.2, 0.25) is 0 Å². The third-order valence-electron chi connectivity index (χ3n) is 6.51. The summed E-state index contributed by atoms with van der Waals surface area (Å²) in [5, 5.41) is 2.82. The van der Waals surface area contributed by atoms with Crippen molar-refractivity contribution in [3.8, 4) is 0 Å². The molecule has 168 valence electrons. The number of imide groups is 1. The largest absolute Gasteiger partial charge is 0.342 e. The molecule has 3 heterocycles. The zero-order valence-corrected chi connectivity index (χ0v) is 18.2. The molecule has 31 heavy (non-hydrogen) atoms. The van der Waals surface area contributed by atoms with Crippen molar-refractivity contribution in [1.82, 2.24) is 24.9 Å². The van der Waals surface area contributed by atoms with E-state index >= 15 is 0 Å². The number of piperazine rings is 1. The molecule has 1 atom stereocenters. The highest BCUT2D eigenvalue weighted by atomic mass is 16.2. The Morgan fingerprint density at radius 1 is 0.871 bits per heavy atom. The summed E-state index contributed by atoms with van der Waals surface area (Å²) in [6.07, 6.45) is 5.16. The molecule has 8 nitrogen and oxygen atoms in total. The van der Waals surface area contributed by atoms with Crippen LogP contribution in [0.15, 0.2) is 30.3 Å². The molecule has 0 bridgehead atoms. The molecule has 0 radical (unpaired) electrons. The molecule has 0 aliphatic carbocycles. The van der Waals surface area contributed by atoms with Gasteiger partial charge in [0, 0.05) is 45.7 Å². The first-order valence-electron chi connectivity index (χ1n) is 11.5. The first-order valence-corrected chi connectivity index (χ1v) is 11.5. The Morgan fingerprint density at radius 2 is 1.52 bits per heavy atom. The Morgan fingerprint density at radius 3 is 2.19 bits per heavy atom. The van der Waals surface area contributed by atoms with Crippen molar-refractivity contribution in [3.63, 3.8) is 0 Å². The van der Waals surface area contributed by atoms with E-state index < -0.39 is 6.04 Å². The lowest BCUT2D eigenvalue weighted by atomic mass is 10.1. The van der Waals surface area contributed by atoms with Gasteiger partial charge in [-0.1, -0.05) is 43.2 Å². The number of benzene rings is 1. The first kappa shape index (κ1) is 21.8. The molecule has 1 aromatic carbocycles. The molecule has 3 saturated heterocycles. The summed E-state index contributed by atoms with van der Waals surface area (Å²) in [6.45, 7) is 5.58. The number of urea groups is 1. The smallest absolute Gasteiger partial charge is 0.325 e. The predicted octanol–water partition coefficient (Wildman–Crippen LogP) is 1.13. The van der Waals surface area contributed by atoms with Crippen LogP contribution in [0, 0.1) is 0 Å². The van der Waals surface area contributed by atoms with E-state index in [4.69, 9.17) is 0 Å². The SMILES string of the molecule is O=C(CN1CCN(CN2C(=O)NC(Cc3ccccc3)C2=O)CC1)N1CCCCCC1. The molecule has 1 aromatic rings. The number of carbonyl (C=O) groups excluding carboxylic acids is 3. The van der Waals surface area contributed by atoms with Crippen LogP contribution < -0.4 is 5.32 Å². The van der Waals surface area contributed by atoms with Gasteiger partial charge in [0.2, 0.25) is 5.91 Å². The second-order valence-corrected chi connectivity index (χ2v) is 8.79. The van der Waals surface area contributed by atoms with E-state index in [-0.39, 0.29) is 17.8 Å². The van der Waals surface area contributed by atoms with Crippen molar-refractivity contribution in [2.24, 2.45) is 0 Å². The molecular formula is C23H33N5O3. The average molecular weight is 428 g/mol. The Balaban J connectivity index is 1.22. The highest BCUT2D eigenvalue weighted by Gasteiger charge is 2.39. The number of hydrogen-bond donors (Lipinski definition) is 1. The molecule has 3 fully saturated rings. The Labute approximate surface area is 184 Å². The van der Waals surface area contributed by atoms with Gasteiger partial charge in [0.25, 0.3) is 5.91 Å². The highest BCUT2D eigenvalue weighted by Crippen LogP contribution is 2.14. The topological polar surface area (TPSA) is 76.2 Å². The van der Waals surface area contributed by atoms with Crippen LogP contribution >= 0.6 is 0 Å². The minimum atomic E-state index is -0.498. The molecule has 8 heteroatoms. The van der Waals surface area contributed by atoms with Crippen LogP contribution in [0.25, 0.3) is 0 Å². The van der Waals surface area contributed by atoms with E-state index in [1.807, 2.05) is 35.2 Å². The van der Waals surface area contributed by atoms with Gasteiger partial charge in [0.1, 0.15) is 6.04 Å². The summed E-state index contributed by atoms with van der Waals surface area (Å²) >= 11 is 0. The van der Waals surface area contributed by atoms with E-state index in [0.29, 0.717) is 19.6 Å². The van der Waals surface area contributed by atoms with Gasteiger partial charge in [0.05, 0.1) is 13.2 Å². The lowest BCUT2D eigenvalue weighted by Crippen LogP contribution is -2.53. The van der Waals surface area contributed by atoms with Crippen molar-refractivity contribution < 1.29 is 14.4 Å². The molecule has 0 aromatic heterocycles. The summed E-state index contributed by atoms with van der Waals surface area (Å²) in [6, 6.07) is 8.93. The van der Waals surface area contributed by atoms with Crippen molar-refractivity contribution >= 4 is 17.8 Å². The summed E-state index contributed by atoms with van der Waals surface area (Å²) in [5.74, 6) is 0.0702. The van der Waals surface area contributed by atoms with Crippen molar-refractivity contribution in [2.45, 2.75) is 38.1 Å². The number of nitrogens with zero attached hydrogens (tertiary/aromatic N) is 4. The maximum absolute atomic E-state index is 12.8. The molecular weight excluding hydrogens is 394 g/mol. The second-order valence-electron chi connectivity index (χ2n) is 8.79. The summed E-state index contributed by atoms with van der Waals surface area (Å²) in [4.78, 5) is 45.4. The Kier molecular flexibility index (Phi) is 7.19. The van der Waals surface area contributed by atoms with Crippen LogP contribution in [0.4, 0.5) is 4.79 Å². The standard InChI is InChI=1S/C23H33N5O3/c29-21(27-10-6-1-2-7-11-27)17-25-12-14-26(15-13-25)18-28-22(30)20(24-23(28)31)16-19-8-4-3-5-9-19/h3-5,8-9,20H,1-2,6-7,10-18H2,(H,24,31). The van der Waals surface area contributed by atoms with Crippen molar-refractivity contribution in [2.75, 3.05) is 52.5 Å². The van der Waals surface area contributed by atoms with Gasteiger partial charge < -0.3 is 10.2 Å². The van der Waals surface area contributed by atoms with E-state index in [1.165, 1.54) is 17.7 Å². The summed E-state index contributed by atoms with van der Waals surface area (Å²) < 4.78 is 0. The summed E-state index contributed by atoms with van der Waals surface area (Å²) in [5.41, 5.74) is 1.03. The molecule has 4 amide bonds. The van der Waals surface area contributed by atoms with Gasteiger partial charge in [-0.2, -0.15) is 0 Å². The Bertz CT molecular complexity index is 771. The van der Waals surface area contributed by atoms with Crippen LogP contribution in [0.3, 0.4) is 0 Å². The number of nitrogens with one attached hydrogen (secondary N) is 1. The normalized spacial score (nSPS) is 23.7. The van der Waals surface area contributed by atoms with Crippen LogP contribution in [0.1, 0.15) is 31.2 Å². The van der Waals surface area contributed by atoms with Crippen LogP contribution in [-0.2, 0) is 16.0 Å². The van der Waals surface area contributed by atoms with Gasteiger partial charge in [-0.05, 0) is 18.4 Å². The minimum absolute atomic E-state index is 0.160. The monoisotopic (exact) mass is 427 g/mol. The van der Waals surface area contributed by atoms with Gasteiger partial charge in [-0.25, -0.2) is 9.69 Å². The first-order chi connectivity index (χ1) is 15.1. The Hall–Kier alpha value is -2.45. The fourth-order valence-electron chi connectivity index (χ4n) is 4.60. The molecule has 3 aliphatic heterocycles. The predicted molar refractivity (Wildman–Crippen MR) is 117 cm³/mol. The second kappa shape index (κ2) is 10.2. The minimum Gasteiger partial charge on any atom is -0.342 e.